The second-order valence-corrected chi connectivity index (χ2v) is 4.62. The van der Waals surface area contributed by atoms with Gasteiger partial charge in [0.15, 0.2) is 0 Å². The molecule has 2 fully saturated rings. The summed E-state index contributed by atoms with van der Waals surface area (Å²) in [5.41, 5.74) is 5.58. The second-order valence-electron chi connectivity index (χ2n) is 4.62. The molecule has 0 aromatic carbocycles. The molecule has 1 aliphatic carbocycles. The Morgan fingerprint density at radius 3 is 2.82 bits per heavy atom. The number of aromatic nitrogens is 1. The van der Waals surface area contributed by atoms with Crippen molar-refractivity contribution < 1.29 is 9.60 Å². The van der Waals surface area contributed by atoms with E-state index in [2.05, 4.69) is 10.1 Å². The number of anilines is 1. The molecular weight excluding hydrogens is 223 g/mol. The highest BCUT2D eigenvalue weighted by molar-refractivity contribution is 5.86. The van der Waals surface area contributed by atoms with Crippen LogP contribution in [0.3, 0.4) is 0 Å². The van der Waals surface area contributed by atoms with Crippen LogP contribution in [0.5, 0.6) is 0 Å². The van der Waals surface area contributed by atoms with E-state index >= 15 is 0 Å². The van der Waals surface area contributed by atoms with E-state index in [1.54, 1.807) is 0 Å². The minimum Gasteiger partial charge on any atom is -0.409 e. The van der Waals surface area contributed by atoms with Crippen molar-refractivity contribution in [3.8, 4) is 0 Å². The SMILES string of the molecule is NC(=NO)C1[C@H]2CN(c3cc(F)ccn3)C[C@@H]12. The summed E-state index contributed by atoms with van der Waals surface area (Å²) in [5, 5.41) is 11.7. The van der Waals surface area contributed by atoms with Crippen molar-refractivity contribution in [2.45, 2.75) is 0 Å². The number of amidine groups is 1. The Bertz CT molecular complexity index is 466. The predicted octanol–water partition coefficient (Wildman–Crippen LogP) is 0.649. The molecule has 3 rings (SSSR count). The van der Waals surface area contributed by atoms with E-state index in [0.717, 1.165) is 13.1 Å². The number of hydrogen-bond donors (Lipinski definition) is 2. The van der Waals surface area contributed by atoms with Crippen molar-refractivity contribution in [2.75, 3.05) is 18.0 Å². The lowest BCUT2D eigenvalue weighted by Gasteiger charge is -2.20. The first-order valence-corrected chi connectivity index (χ1v) is 5.54. The van der Waals surface area contributed by atoms with Gasteiger partial charge < -0.3 is 15.8 Å². The maximum absolute atomic E-state index is 13.0. The van der Waals surface area contributed by atoms with Gasteiger partial charge in [-0.1, -0.05) is 5.16 Å². The van der Waals surface area contributed by atoms with Gasteiger partial charge in [-0.15, -0.1) is 0 Å². The predicted molar refractivity (Wildman–Crippen MR) is 60.3 cm³/mol. The Morgan fingerprint density at radius 2 is 2.24 bits per heavy atom. The molecule has 2 heterocycles. The molecule has 90 valence electrons. The normalized spacial score (nSPS) is 31.5. The van der Waals surface area contributed by atoms with Crippen LogP contribution in [0.2, 0.25) is 0 Å². The van der Waals surface area contributed by atoms with Crippen molar-refractivity contribution >= 4 is 11.7 Å². The van der Waals surface area contributed by atoms with Crippen LogP contribution in [0, 0.1) is 23.6 Å². The molecule has 1 unspecified atom stereocenters. The summed E-state index contributed by atoms with van der Waals surface area (Å²) in [6, 6.07) is 2.77. The maximum atomic E-state index is 13.0. The fourth-order valence-electron chi connectivity index (χ4n) is 2.79. The lowest BCUT2D eigenvalue weighted by Crippen LogP contribution is -2.29. The quantitative estimate of drug-likeness (QED) is 0.342. The van der Waals surface area contributed by atoms with Crippen LogP contribution in [-0.2, 0) is 0 Å². The number of fused-ring (bicyclic) bond motifs is 1. The lowest BCUT2D eigenvalue weighted by atomic mass is 10.2. The molecule has 0 bridgehead atoms. The van der Waals surface area contributed by atoms with E-state index < -0.39 is 0 Å². The van der Waals surface area contributed by atoms with Crippen LogP contribution in [0.1, 0.15) is 0 Å². The minimum atomic E-state index is -0.274. The smallest absolute Gasteiger partial charge is 0.142 e. The van der Waals surface area contributed by atoms with Crippen molar-refractivity contribution in [1.29, 1.82) is 0 Å². The van der Waals surface area contributed by atoms with E-state index in [0.29, 0.717) is 23.5 Å². The van der Waals surface area contributed by atoms with Crippen LogP contribution >= 0.6 is 0 Å². The molecule has 0 spiro atoms. The number of piperidine rings is 1. The largest absolute Gasteiger partial charge is 0.409 e. The standard InChI is InChI=1S/C11H13FN4O/c12-6-1-2-14-9(3-6)16-4-7-8(5-16)10(7)11(13)15-17/h1-3,7-8,10,17H,4-5H2,(H2,13,15)/t7-,8+,10?. The van der Waals surface area contributed by atoms with Gasteiger partial charge in [-0.25, -0.2) is 9.37 Å². The zero-order valence-corrected chi connectivity index (χ0v) is 9.12. The average molecular weight is 236 g/mol. The molecule has 3 N–H and O–H groups in total. The zero-order chi connectivity index (χ0) is 12.0. The third kappa shape index (κ3) is 1.60. The van der Waals surface area contributed by atoms with Crippen molar-refractivity contribution in [2.24, 2.45) is 28.6 Å². The number of rotatable bonds is 2. The molecule has 1 aliphatic heterocycles. The summed E-state index contributed by atoms with van der Waals surface area (Å²) in [6.07, 6.45) is 1.47. The van der Waals surface area contributed by atoms with Gasteiger partial charge in [0.1, 0.15) is 17.5 Å². The fraction of sp³-hybridized carbons (Fsp3) is 0.455. The summed E-state index contributed by atoms with van der Waals surface area (Å²) >= 11 is 0. The van der Waals surface area contributed by atoms with E-state index in [4.69, 9.17) is 10.9 Å². The van der Waals surface area contributed by atoms with Gasteiger partial charge in [0.25, 0.3) is 0 Å². The summed E-state index contributed by atoms with van der Waals surface area (Å²) in [4.78, 5) is 6.18. The Labute approximate surface area is 97.7 Å². The van der Waals surface area contributed by atoms with E-state index in [1.165, 1.54) is 18.3 Å². The molecule has 17 heavy (non-hydrogen) atoms. The van der Waals surface area contributed by atoms with Gasteiger partial charge in [0.2, 0.25) is 0 Å². The average Bonchev–Trinajstić information content (AvgIpc) is 2.82. The molecule has 1 aromatic heterocycles. The fourth-order valence-corrected chi connectivity index (χ4v) is 2.79. The number of nitrogens with zero attached hydrogens (tertiary/aromatic N) is 3. The Kier molecular flexibility index (Phi) is 2.17. The molecule has 3 atom stereocenters. The van der Waals surface area contributed by atoms with Gasteiger partial charge in [0, 0.05) is 31.3 Å². The van der Waals surface area contributed by atoms with Crippen LogP contribution in [-0.4, -0.2) is 29.1 Å². The van der Waals surface area contributed by atoms with Crippen molar-refractivity contribution in [3.63, 3.8) is 0 Å². The van der Waals surface area contributed by atoms with E-state index in [1.807, 2.05) is 4.90 Å². The molecule has 2 aliphatic rings. The minimum absolute atomic E-state index is 0.185. The van der Waals surface area contributed by atoms with Crippen molar-refractivity contribution in [3.05, 3.63) is 24.1 Å². The number of halogens is 1. The molecule has 0 radical (unpaired) electrons. The van der Waals surface area contributed by atoms with Crippen LogP contribution < -0.4 is 10.6 Å². The first-order valence-electron chi connectivity index (χ1n) is 5.54. The Balaban J connectivity index is 1.69. The Hall–Kier alpha value is -1.85. The molecule has 1 aromatic rings. The van der Waals surface area contributed by atoms with Gasteiger partial charge in [-0.05, 0) is 17.9 Å². The van der Waals surface area contributed by atoms with Crippen molar-refractivity contribution in [1.82, 2.24) is 4.98 Å². The molecule has 0 amide bonds. The highest BCUT2D eigenvalue weighted by Gasteiger charge is 2.58. The monoisotopic (exact) mass is 236 g/mol. The maximum Gasteiger partial charge on any atom is 0.142 e. The molecule has 1 saturated heterocycles. The first kappa shape index (κ1) is 10.3. The van der Waals surface area contributed by atoms with Gasteiger partial charge in [-0.3, -0.25) is 0 Å². The molecular formula is C11H13FN4O. The zero-order valence-electron chi connectivity index (χ0n) is 9.12. The molecule has 6 heteroatoms. The van der Waals surface area contributed by atoms with Gasteiger partial charge in [0.05, 0.1) is 0 Å². The van der Waals surface area contributed by atoms with E-state index in [9.17, 15) is 4.39 Å². The lowest BCUT2D eigenvalue weighted by molar-refractivity contribution is 0.315. The summed E-state index contributed by atoms with van der Waals surface area (Å²) < 4.78 is 13.0. The topological polar surface area (TPSA) is 74.7 Å². The number of nitrogens with two attached hydrogens (primary N) is 1. The second kappa shape index (κ2) is 3.58. The molecule has 1 saturated carbocycles. The number of pyridine rings is 1. The Morgan fingerprint density at radius 1 is 1.53 bits per heavy atom. The summed E-state index contributed by atoms with van der Waals surface area (Å²) in [5.74, 6) is 1.71. The summed E-state index contributed by atoms with van der Waals surface area (Å²) in [7, 11) is 0. The summed E-state index contributed by atoms with van der Waals surface area (Å²) in [6.45, 7) is 1.59. The highest BCUT2D eigenvalue weighted by Crippen LogP contribution is 2.52. The number of oxime groups is 1. The van der Waals surface area contributed by atoms with Gasteiger partial charge in [-0.2, -0.15) is 0 Å². The molecule has 5 nitrogen and oxygen atoms in total. The van der Waals surface area contributed by atoms with Crippen LogP contribution in [0.15, 0.2) is 23.5 Å². The van der Waals surface area contributed by atoms with Gasteiger partial charge >= 0.3 is 0 Å². The van der Waals surface area contributed by atoms with E-state index in [-0.39, 0.29) is 11.7 Å². The number of hydrogen-bond acceptors (Lipinski definition) is 4. The highest BCUT2D eigenvalue weighted by atomic mass is 19.1. The van der Waals surface area contributed by atoms with Crippen LogP contribution in [0.4, 0.5) is 10.2 Å². The third-order valence-electron chi connectivity index (χ3n) is 3.68. The first-order chi connectivity index (χ1) is 8.20. The third-order valence-corrected chi connectivity index (χ3v) is 3.68. The van der Waals surface area contributed by atoms with Crippen LogP contribution in [0.25, 0.3) is 0 Å².